The first-order chi connectivity index (χ1) is 10.9. The molecule has 0 saturated carbocycles. The predicted octanol–water partition coefficient (Wildman–Crippen LogP) is 2.27. The molecule has 0 bridgehead atoms. The van der Waals surface area contributed by atoms with E-state index in [1.807, 2.05) is 0 Å². The Bertz CT molecular complexity index is 547. The van der Waals surface area contributed by atoms with Gasteiger partial charge in [0, 0.05) is 32.7 Å². The zero-order chi connectivity index (χ0) is 17.0. The molecule has 1 heterocycles. The number of rotatable bonds is 7. The van der Waals surface area contributed by atoms with Crippen LogP contribution in [0.4, 0.5) is 8.78 Å². The number of hydrogen-bond donors (Lipinski definition) is 1. The lowest BCUT2D eigenvalue weighted by molar-refractivity contribution is -0.0115. The lowest BCUT2D eigenvalue weighted by Gasteiger charge is -2.40. The maximum Gasteiger partial charge on any atom is 0.256 e. The summed E-state index contributed by atoms with van der Waals surface area (Å²) in [6.07, 6.45) is 2.44. The topological polar surface area (TPSA) is 43.8 Å². The molecule has 1 fully saturated rings. The number of likely N-dealkylation sites (N-methyl/N-ethyl adjacent to an activating group) is 1. The number of β-amino-alcohol motifs (C(OH)–C–C–N with tert-alkyl or cyclic N) is 1. The highest BCUT2D eigenvalue weighted by molar-refractivity contribution is 5.94. The molecular formula is C17H24F2N2O2. The summed E-state index contributed by atoms with van der Waals surface area (Å²) in [5.74, 6) is -1.85. The molecule has 1 amide bonds. The SMILES string of the molecule is CCCCC(CN1CC(O)C1)N(C)C(=O)c1cc(F)ccc1F. The van der Waals surface area contributed by atoms with Gasteiger partial charge in [-0.2, -0.15) is 0 Å². The zero-order valence-corrected chi connectivity index (χ0v) is 13.6. The number of hydrogen-bond acceptors (Lipinski definition) is 3. The van der Waals surface area contributed by atoms with Crippen LogP contribution in [0.15, 0.2) is 18.2 Å². The molecule has 1 unspecified atom stereocenters. The molecule has 1 aliphatic rings. The van der Waals surface area contributed by atoms with Crippen LogP contribution in [0.3, 0.4) is 0 Å². The minimum Gasteiger partial charge on any atom is -0.390 e. The molecule has 0 aliphatic carbocycles. The van der Waals surface area contributed by atoms with Gasteiger partial charge in [-0.05, 0) is 24.6 Å². The molecule has 128 valence electrons. The molecule has 1 atom stereocenters. The Morgan fingerprint density at radius 3 is 2.74 bits per heavy atom. The Morgan fingerprint density at radius 1 is 1.43 bits per heavy atom. The molecule has 4 nitrogen and oxygen atoms in total. The minimum absolute atomic E-state index is 0.0855. The summed E-state index contributed by atoms with van der Waals surface area (Å²) in [6, 6.07) is 2.83. The molecule has 0 aromatic heterocycles. The fourth-order valence-electron chi connectivity index (χ4n) is 2.85. The Hall–Kier alpha value is -1.53. The summed E-state index contributed by atoms with van der Waals surface area (Å²) in [5.41, 5.74) is -0.238. The molecule has 1 N–H and O–H groups in total. The standard InChI is InChI=1S/C17H24F2N2O2/c1-3-4-5-13(9-21-10-14(22)11-21)20(2)17(23)15-8-12(18)6-7-16(15)19/h6-8,13-14,22H,3-5,9-11H2,1-2H3. The highest BCUT2D eigenvalue weighted by Crippen LogP contribution is 2.18. The number of carbonyl (C=O) groups excluding carboxylic acids is 1. The van der Waals surface area contributed by atoms with Gasteiger partial charge in [0.25, 0.3) is 5.91 Å². The van der Waals surface area contributed by atoms with Gasteiger partial charge in [-0.15, -0.1) is 0 Å². The fraction of sp³-hybridized carbons (Fsp3) is 0.588. The summed E-state index contributed by atoms with van der Waals surface area (Å²) in [5, 5.41) is 9.39. The quantitative estimate of drug-likeness (QED) is 0.836. The van der Waals surface area contributed by atoms with Crippen molar-refractivity contribution >= 4 is 5.91 Å². The van der Waals surface area contributed by atoms with Crippen molar-refractivity contribution in [1.82, 2.24) is 9.80 Å². The minimum atomic E-state index is -0.711. The van der Waals surface area contributed by atoms with Gasteiger partial charge in [-0.1, -0.05) is 19.8 Å². The highest BCUT2D eigenvalue weighted by Gasteiger charge is 2.30. The molecular weight excluding hydrogens is 302 g/mol. The monoisotopic (exact) mass is 326 g/mol. The van der Waals surface area contributed by atoms with Crippen LogP contribution in [0.2, 0.25) is 0 Å². The summed E-state index contributed by atoms with van der Waals surface area (Å²) in [6.45, 7) is 3.90. The lowest BCUT2D eigenvalue weighted by Crippen LogP contribution is -2.55. The van der Waals surface area contributed by atoms with E-state index in [2.05, 4.69) is 11.8 Å². The van der Waals surface area contributed by atoms with Gasteiger partial charge in [0.15, 0.2) is 0 Å². The predicted molar refractivity (Wildman–Crippen MR) is 84.2 cm³/mol. The van der Waals surface area contributed by atoms with E-state index in [4.69, 9.17) is 0 Å². The first-order valence-corrected chi connectivity index (χ1v) is 8.05. The second kappa shape index (κ2) is 7.84. The Kier molecular flexibility index (Phi) is 6.07. The van der Waals surface area contributed by atoms with Gasteiger partial charge in [-0.3, -0.25) is 9.69 Å². The van der Waals surface area contributed by atoms with E-state index in [1.54, 1.807) is 7.05 Å². The number of halogens is 2. The van der Waals surface area contributed by atoms with Crippen LogP contribution in [0.1, 0.15) is 36.5 Å². The third-order valence-corrected chi connectivity index (χ3v) is 4.32. The summed E-state index contributed by atoms with van der Waals surface area (Å²) in [4.78, 5) is 16.1. The van der Waals surface area contributed by atoms with Gasteiger partial charge in [0.05, 0.1) is 11.7 Å². The smallest absolute Gasteiger partial charge is 0.256 e. The van der Waals surface area contributed by atoms with Gasteiger partial charge >= 0.3 is 0 Å². The second-order valence-corrected chi connectivity index (χ2v) is 6.21. The van der Waals surface area contributed by atoms with Crippen LogP contribution in [0.5, 0.6) is 0 Å². The number of likely N-dealkylation sites (tertiary alicyclic amines) is 1. The molecule has 1 aromatic carbocycles. The van der Waals surface area contributed by atoms with Crippen molar-refractivity contribution in [2.75, 3.05) is 26.7 Å². The van der Waals surface area contributed by atoms with Crippen molar-refractivity contribution < 1.29 is 18.7 Å². The molecule has 0 radical (unpaired) electrons. The number of nitrogens with zero attached hydrogens (tertiary/aromatic N) is 2. The van der Waals surface area contributed by atoms with Crippen molar-refractivity contribution in [3.8, 4) is 0 Å². The van der Waals surface area contributed by atoms with Crippen molar-refractivity contribution in [3.05, 3.63) is 35.4 Å². The third-order valence-electron chi connectivity index (χ3n) is 4.32. The fourth-order valence-corrected chi connectivity index (χ4v) is 2.85. The first kappa shape index (κ1) is 17.8. The van der Waals surface area contributed by atoms with E-state index in [-0.39, 0.29) is 17.7 Å². The van der Waals surface area contributed by atoms with Gasteiger partial charge in [-0.25, -0.2) is 8.78 Å². The van der Waals surface area contributed by atoms with Gasteiger partial charge in [0.2, 0.25) is 0 Å². The third kappa shape index (κ3) is 4.48. The molecule has 23 heavy (non-hydrogen) atoms. The van der Waals surface area contributed by atoms with Crippen LogP contribution < -0.4 is 0 Å². The lowest BCUT2D eigenvalue weighted by atomic mass is 10.0. The second-order valence-electron chi connectivity index (χ2n) is 6.21. The highest BCUT2D eigenvalue weighted by atomic mass is 19.1. The normalized spacial score (nSPS) is 16.9. The largest absolute Gasteiger partial charge is 0.390 e. The van der Waals surface area contributed by atoms with E-state index in [0.29, 0.717) is 19.6 Å². The van der Waals surface area contributed by atoms with Crippen molar-refractivity contribution in [3.63, 3.8) is 0 Å². The van der Waals surface area contributed by atoms with Gasteiger partial charge in [0.1, 0.15) is 11.6 Å². The number of aliphatic hydroxyl groups excluding tert-OH is 1. The van der Waals surface area contributed by atoms with E-state index >= 15 is 0 Å². The van der Waals surface area contributed by atoms with Crippen LogP contribution in [-0.2, 0) is 0 Å². The Labute approximate surface area is 135 Å². The van der Waals surface area contributed by atoms with Gasteiger partial charge < -0.3 is 10.0 Å². The number of carbonyl (C=O) groups is 1. The van der Waals surface area contributed by atoms with Crippen molar-refractivity contribution in [2.45, 2.75) is 38.3 Å². The summed E-state index contributed by atoms with van der Waals surface area (Å²) >= 11 is 0. The molecule has 6 heteroatoms. The van der Waals surface area contributed by atoms with Crippen molar-refractivity contribution in [1.29, 1.82) is 0 Å². The molecule has 0 spiro atoms. The summed E-state index contributed by atoms with van der Waals surface area (Å²) < 4.78 is 27.1. The first-order valence-electron chi connectivity index (χ1n) is 8.05. The maximum atomic E-state index is 13.8. The van der Waals surface area contributed by atoms with Crippen molar-refractivity contribution in [2.24, 2.45) is 0 Å². The summed E-state index contributed by atoms with van der Waals surface area (Å²) in [7, 11) is 1.63. The number of amides is 1. The average Bonchev–Trinajstić information content (AvgIpc) is 2.50. The molecule has 1 aliphatic heterocycles. The average molecular weight is 326 g/mol. The number of unbranched alkanes of at least 4 members (excludes halogenated alkanes) is 1. The van der Waals surface area contributed by atoms with E-state index in [9.17, 15) is 18.7 Å². The number of benzene rings is 1. The van der Waals surface area contributed by atoms with Crippen LogP contribution in [0, 0.1) is 11.6 Å². The van der Waals surface area contributed by atoms with E-state index in [1.165, 1.54) is 4.90 Å². The molecule has 1 saturated heterocycles. The van der Waals surface area contributed by atoms with Crippen LogP contribution >= 0.6 is 0 Å². The van der Waals surface area contributed by atoms with Crippen LogP contribution in [0.25, 0.3) is 0 Å². The molecule has 1 aromatic rings. The van der Waals surface area contributed by atoms with Crippen LogP contribution in [-0.4, -0.2) is 59.6 Å². The van der Waals surface area contributed by atoms with E-state index < -0.39 is 17.5 Å². The molecule has 2 rings (SSSR count). The zero-order valence-electron chi connectivity index (χ0n) is 13.6. The number of aliphatic hydroxyl groups is 1. The Morgan fingerprint density at radius 2 is 2.13 bits per heavy atom. The Balaban J connectivity index is 2.09. The maximum absolute atomic E-state index is 13.8. The van der Waals surface area contributed by atoms with E-state index in [0.717, 1.165) is 37.5 Å².